The fourth-order valence-electron chi connectivity index (χ4n) is 1.76. The van der Waals surface area contributed by atoms with Gasteiger partial charge in [-0.05, 0) is 32.9 Å². The highest BCUT2D eigenvalue weighted by atomic mass is 16.6. The number of hydrogen-bond acceptors (Lipinski definition) is 5. The van der Waals surface area contributed by atoms with Crippen molar-refractivity contribution in [3.63, 3.8) is 0 Å². The molecule has 0 radical (unpaired) electrons. The molecule has 1 rings (SSSR count). The molecule has 0 bridgehead atoms. The third-order valence-corrected chi connectivity index (χ3v) is 2.52. The van der Waals surface area contributed by atoms with Crippen molar-refractivity contribution in [1.29, 1.82) is 5.26 Å². The van der Waals surface area contributed by atoms with E-state index in [1.165, 1.54) is 12.1 Å². The molecule has 21 heavy (non-hydrogen) atoms. The molecule has 112 valence electrons. The van der Waals surface area contributed by atoms with Crippen molar-refractivity contribution in [2.45, 2.75) is 32.7 Å². The third kappa shape index (κ3) is 5.10. The van der Waals surface area contributed by atoms with E-state index >= 15 is 0 Å². The van der Waals surface area contributed by atoms with Gasteiger partial charge in [-0.2, -0.15) is 5.26 Å². The zero-order valence-corrected chi connectivity index (χ0v) is 12.3. The van der Waals surface area contributed by atoms with Crippen LogP contribution in [-0.4, -0.2) is 22.9 Å². The molecule has 0 saturated carbocycles. The fourth-order valence-corrected chi connectivity index (χ4v) is 1.76. The smallest absolute Gasteiger partial charge is 0.309 e. The molecule has 0 heterocycles. The van der Waals surface area contributed by atoms with E-state index in [0.717, 1.165) is 0 Å². The first-order valence-corrected chi connectivity index (χ1v) is 6.47. The van der Waals surface area contributed by atoms with Crippen LogP contribution in [0.25, 0.3) is 0 Å². The Bertz CT molecular complexity index is 585. The van der Waals surface area contributed by atoms with Crippen LogP contribution in [0.15, 0.2) is 18.2 Å². The van der Waals surface area contributed by atoms with E-state index in [1.54, 1.807) is 12.1 Å². The van der Waals surface area contributed by atoms with Crippen molar-refractivity contribution in [2.75, 3.05) is 11.9 Å². The zero-order valence-electron chi connectivity index (χ0n) is 12.3. The molecule has 0 fully saturated rings. The van der Waals surface area contributed by atoms with E-state index in [4.69, 9.17) is 5.26 Å². The van der Waals surface area contributed by atoms with Gasteiger partial charge in [0.1, 0.15) is 17.3 Å². The molecule has 0 saturated heterocycles. The number of nitrogens with zero attached hydrogens (tertiary/aromatic N) is 2. The van der Waals surface area contributed by atoms with Gasteiger partial charge in [0.2, 0.25) is 5.91 Å². The molecule has 0 spiro atoms. The van der Waals surface area contributed by atoms with Gasteiger partial charge in [0.25, 0.3) is 0 Å². The number of nitriles is 1. The Morgan fingerprint density at radius 2 is 2.10 bits per heavy atom. The number of rotatable bonds is 5. The molecule has 1 aromatic carbocycles. The maximum atomic E-state index is 11.7. The van der Waals surface area contributed by atoms with E-state index in [2.05, 4.69) is 10.6 Å². The first kappa shape index (κ1) is 16.4. The maximum Gasteiger partial charge on any atom is 0.309 e. The average molecular weight is 290 g/mol. The van der Waals surface area contributed by atoms with Gasteiger partial charge < -0.3 is 10.6 Å². The summed E-state index contributed by atoms with van der Waals surface area (Å²) in [5.41, 5.74) is -0.355. The Kier molecular flexibility index (Phi) is 5.24. The van der Waals surface area contributed by atoms with Crippen LogP contribution >= 0.6 is 0 Å². The largest absolute Gasteiger partial charge is 0.379 e. The summed E-state index contributed by atoms with van der Waals surface area (Å²) < 4.78 is 0. The molecule has 0 aliphatic carbocycles. The fraction of sp³-hybridized carbons (Fsp3) is 0.429. The Morgan fingerprint density at radius 3 is 2.62 bits per heavy atom. The Hall–Kier alpha value is -2.62. The SMILES string of the molecule is CC(C)(C)NC(=O)CCNc1cccc(C#N)c1[N+](=O)[O-]. The second kappa shape index (κ2) is 6.70. The zero-order chi connectivity index (χ0) is 16.0. The number of amides is 1. The molecule has 7 nitrogen and oxygen atoms in total. The summed E-state index contributed by atoms with van der Waals surface area (Å²) in [6.07, 6.45) is 0.186. The van der Waals surface area contributed by atoms with Crippen molar-refractivity contribution in [1.82, 2.24) is 5.32 Å². The summed E-state index contributed by atoms with van der Waals surface area (Å²) in [6, 6.07) is 6.24. The van der Waals surface area contributed by atoms with Crippen molar-refractivity contribution in [3.05, 3.63) is 33.9 Å². The normalized spacial score (nSPS) is 10.6. The molecular formula is C14H18N4O3. The highest BCUT2D eigenvalue weighted by Crippen LogP contribution is 2.27. The minimum atomic E-state index is -0.601. The number of anilines is 1. The predicted octanol–water partition coefficient (Wildman–Crippen LogP) is 2.18. The molecule has 7 heteroatoms. The van der Waals surface area contributed by atoms with Crippen LogP contribution in [0.4, 0.5) is 11.4 Å². The quantitative estimate of drug-likeness (QED) is 0.638. The number of carbonyl (C=O) groups is 1. The van der Waals surface area contributed by atoms with Crippen molar-refractivity contribution >= 4 is 17.3 Å². The molecule has 0 aliphatic heterocycles. The van der Waals surface area contributed by atoms with Gasteiger partial charge in [0.15, 0.2) is 0 Å². The van der Waals surface area contributed by atoms with Crippen molar-refractivity contribution in [2.24, 2.45) is 0 Å². The number of nitrogens with one attached hydrogen (secondary N) is 2. The Labute approximate surface area is 123 Å². The summed E-state index contributed by atoms with van der Waals surface area (Å²) >= 11 is 0. The number of para-hydroxylation sites is 1. The molecule has 0 aliphatic rings. The van der Waals surface area contributed by atoms with Gasteiger partial charge in [0, 0.05) is 18.5 Å². The van der Waals surface area contributed by atoms with E-state index < -0.39 is 4.92 Å². The van der Waals surface area contributed by atoms with E-state index in [0.29, 0.717) is 0 Å². The molecule has 0 unspecified atom stereocenters. The van der Waals surface area contributed by atoms with Gasteiger partial charge in [0.05, 0.1) is 4.92 Å². The topological polar surface area (TPSA) is 108 Å². The lowest BCUT2D eigenvalue weighted by atomic mass is 10.1. The summed E-state index contributed by atoms with van der Waals surface area (Å²) in [7, 11) is 0. The Balaban J connectivity index is 2.71. The van der Waals surface area contributed by atoms with Crippen LogP contribution in [0.2, 0.25) is 0 Å². The predicted molar refractivity (Wildman–Crippen MR) is 78.8 cm³/mol. The highest BCUT2D eigenvalue weighted by molar-refractivity contribution is 5.77. The lowest BCUT2D eigenvalue weighted by molar-refractivity contribution is -0.384. The molecule has 1 amide bonds. The van der Waals surface area contributed by atoms with E-state index in [9.17, 15) is 14.9 Å². The van der Waals surface area contributed by atoms with Crippen LogP contribution < -0.4 is 10.6 Å². The number of carbonyl (C=O) groups excluding carboxylic acids is 1. The second-order valence-corrected chi connectivity index (χ2v) is 5.55. The molecule has 2 N–H and O–H groups in total. The van der Waals surface area contributed by atoms with Crippen molar-refractivity contribution in [3.8, 4) is 6.07 Å². The van der Waals surface area contributed by atoms with Gasteiger partial charge in [-0.3, -0.25) is 14.9 Å². The number of benzene rings is 1. The summed E-state index contributed by atoms with van der Waals surface area (Å²) in [6.45, 7) is 5.87. The average Bonchev–Trinajstić information content (AvgIpc) is 2.35. The van der Waals surface area contributed by atoms with Crippen LogP contribution in [0.5, 0.6) is 0 Å². The molecular weight excluding hydrogens is 272 g/mol. The first-order valence-electron chi connectivity index (χ1n) is 6.47. The molecule has 0 aromatic heterocycles. The van der Waals surface area contributed by atoms with Crippen LogP contribution in [0, 0.1) is 21.4 Å². The minimum absolute atomic E-state index is 0.0101. The maximum absolute atomic E-state index is 11.7. The number of nitro groups is 1. The van der Waals surface area contributed by atoms with Gasteiger partial charge in [-0.15, -0.1) is 0 Å². The highest BCUT2D eigenvalue weighted by Gasteiger charge is 2.19. The third-order valence-electron chi connectivity index (χ3n) is 2.52. The van der Waals surface area contributed by atoms with Crippen LogP contribution in [0.1, 0.15) is 32.8 Å². The Morgan fingerprint density at radius 1 is 1.43 bits per heavy atom. The summed E-state index contributed by atoms with van der Waals surface area (Å²) in [5.74, 6) is -0.144. The van der Waals surface area contributed by atoms with Crippen LogP contribution in [-0.2, 0) is 4.79 Å². The number of nitro benzene ring substituents is 1. The van der Waals surface area contributed by atoms with Crippen LogP contribution in [0.3, 0.4) is 0 Å². The lowest BCUT2D eigenvalue weighted by Crippen LogP contribution is -2.41. The van der Waals surface area contributed by atoms with Crippen molar-refractivity contribution < 1.29 is 9.72 Å². The minimum Gasteiger partial charge on any atom is -0.379 e. The number of hydrogen-bond donors (Lipinski definition) is 2. The van der Waals surface area contributed by atoms with E-state index in [1.807, 2.05) is 20.8 Å². The molecule has 0 atom stereocenters. The lowest BCUT2D eigenvalue weighted by Gasteiger charge is -2.20. The second-order valence-electron chi connectivity index (χ2n) is 5.55. The van der Waals surface area contributed by atoms with Gasteiger partial charge in [-0.25, -0.2) is 0 Å². The van der Waals surface area contributed by atoms with Gasteiger partial charge >= 0.3 is 5.69 Å². The summed E-state index contributed by atoms with van der Waals surface area (Å²) in [5, 5.41) is 25.5. The standard InChI is InChI=1S/C14H18N4O3/c1-14(2,3)17-12(19)7-8-16-11-6-4-5-10(9-15)13(11)18(20)21/h4-6,16H,7-8H2,1-3H3,(H,17,19). The first-order chi connectivity index (χ1) is 9.74. The van der Waals surface area contributed by atoms with Gasteiger partial charge in [-0.1, -0.05) is 6.07 Å². The summed E-state index contributed by atoms with van der Waals surface area (Å²) in [4.78, 5) is 22.1. The monoisotopic (exact) mass is 290 g/mol. The molecule has 1 aromatic rings. The van der Waals surface area contributed by atoms with E-state index in [-0.39, 0.29) is 41.3 Å².